The molecule has 1 aliphatic rings. The van der Waals surface area contributed by atoms with Crippen LogP contribution in [0, 0.1) is 0 Å². The second-order valence-corrected chi connectivity index (χ2v) is 7.90. The number of aromatic nitrogens is 4. The SMILES string of the molecule is C[C@@H](Oc1ccc2ccccc2c1)c1nn2c(CN3CCOCC3)nnc2s1. The zero-order chi connectivity index (χ0) is 18.9. The Morgan fingerprint density at radius 2 is 1.93 bits per heavy atom. The molecule has 3 heterocycles. The molecule has 2 aromatic heterocycles. The molecule has 1 saturated heterocycles. The van der Waals surface area contributed by atoms with Crippen molar-refractivity contribution in [2.45, 2.75) is 19.6 Å². The van der Waals surface area contributed by atoms with E-state index in [1.54, 1.807) is 0 Å². The van der Waals surface area contributed by atoms with Gasteiger partial charge in [-0.1, -0.05) is 41.7 Å². The minimum atomic E-state index is -0.163. The van der Waals surface area contributed by atoms with E-state index in [-0.39, 0.29) is 6.10 Å². The molecular weight excluding hydrogens is 374 g/mol. The van der Waals surface area contributed by atoms with Gasteiger partial charge in [0.2, 0.25) is 4.96 Å². The maximum Gasteiger partial charge on any atom is 0.234 e. The van der Waals surface area contributed by atoms with Crippen LogP contribution < -0.4 is 4.74 Å². The summed E-state index contributed by atoms with van der Waals surface area (Å²) < 4.78 is 13.4. The molecule has 0 aliphatic carbocycles. The summed E-state index contributed by atoms with van der Waals surface area (Å²) in [4.78, 5) is 3.11. The van der Waals surface area contributed by atoms with E-state index in [0.29, 0.717) is 0 Å². The molecule has 144 valence electrons. The third-order valence-electron chi connectivity index (χ3n) is 4.92. The molecule has 7 nitrogen and oxygen atoms in total. The van der Waals surface area contributed by atoms with Gasteiger partial charge < -0.3 is 9.47 Å². The molecule has 0 N–H and O–H groups in total. The summed E-state index contributed by atoms with van der Waals surface area (Å²) in [6.45, 7) is 6.10. The van der Waals surface area contributed by atoms with Crippen LogP contribution in [0.2, 0.25) is 0 Å². The zero-order valence-electron chi connectivity index (χ0n) is 15.6. The van der Waals surface area contributed by atoms with Gasteiger partial charge >= 0.3 is 0 Å². The van der Waals surface area contributed by atoms with Crippen LogP contribution in [0.25, 0.3) is 15.7 Å². The third-order valence-corrected chi connectivity index (χ3v) is 5.98. The van der Waals surface area contributed by atoms with Gasteiger partial charge in [0.25, 0.3) is 0 Å². The predicted octanol–water partition coefficient (Wildman–Crippen LogP) is 3.31. The van der Waals surface area contributed by atoms with Gasteiger partial charge in [-0.3, -0.25) is 4.90 Å². The smallest absolute Gasteiger partial charge is 0.234 e. The van der Waals surface area contributed by atoms with E-state index in [2.05, 4.69) is 39.4 Å². The molecule has 0 bridgehead atoms. The minimum Gasteiger partial charge on any atom is -0.483 e. The van der Waals surface area contributed by atoms with E-state index < -0.39 is 0 Å². The molecule has 2 aromatic carbocycles. The summed E-state index contributed by atoms with van der Waals surface area (Å²) in [6, 6.07) is 14.4. The number of benzene rings is 2. The Hall–Kier alpha value is -2.55. The number of hydrogen-bond acceptors (Lipinski definition) is 7. The fourth-order valence-electron chi connectivity index (χ4n) is 3.39. The fourth-order valence-corrected chi connectivity index (χ4v) is 4.23. The fraction of sp³-hybridized carbons (Fsp3) is 0.350. The van der Waals surface area contributed by atoms with E-state index in [1.165, 1.54) is 16.7 Å². The number of nitrogens with zero attached hydrogens (tertiary/aromatic N) is 5. The standard InChI is InChI=1S/C20H21N5O2S/c1-14(27-17-7-6-15-4-2-3-5-16(15)12-17)19-23-25-18(21-22-20(25)28-19)13-24-8-10-26-11-9-24/h2-7,12,14H,8-11,13H2,1H3/t14-/m1/s1. The van der Waals surface area contributed by atoms with Crippen LogP contribution in [-0.2, 0) is 11.3 Å². The lowest BCUT2D eigenvalue weighted by Crippen LogP contribution is -2.36. The van der Waals surface area contributed by atoms with Gasteiger partial charge in [-0.25, -0.2) is 0 Å². The van der Waals surface area contributed by atoms with Crippen LogP contribution in [0.4, 0.5) is 0 Å². The quantitative estimate of drug-likeness (QED) is 0.517. The van der Waals surface area contributed by atoms with Gasteiger partial charge in [0.1, 0.15) is 11.9 Å². The summed E-state index contributed by atoms with van der Waals surface area (Å²) in [5, 5.41) is 16.6. The lowest BCUT2D eigenvalue weighted by atomic mass is 10.1. The topological polar surface area (TPSA) is 64.8 Å². The average Bonchev–Trinajstić information content (AvgIpc) is 3.31. The molecule has 0 spiro atoms. The second-order valence-electron chi connectivity index (χ2n) is 6.91. The first kappa shape index (κ1) is 17.5. The van der Waals surface area contributed by atoms with E-state index in [1.807, 2.05) is 29.6 Å². The Morgan fingerprint density at radius 1 is 1.11 bits per heavy atom. The summed E-state index contributed by atoms with van der Waals surface area (Å²) in [7, 11) is 0. The van der Waals surface area contributed by atoms with Crippen LogP contribution in [-0.4, -0.2) is 51.0 Å². The normalized spacial score (nSPS) is 16.6. The lowest BCUT2D eigenvalue weighted by molar-refractivity contribution is 0.0328. The summed E-state index contributed by atoms with van der Waals surface area (Å²) in [5.41, 5.74) is 0. The number of rotatable bonds is 5. The third kappa shape index (κ3) is 3.46. The van der Waals surface area contributed by atoms with E-state index in [9.17, 15) is 0 Å². The largest absolute Gasteiger partial charge is 0.483 e. The Morgan fingerprint density at radius 3 is 2.79 bits per heavy atom. The molecule has 1 aliphatic heterocycles. The Balaban J connectivity index is 1.34. The van der Waals surface area contributed by atoms with Crippen molar-refractivity contribution in [2.75, 3.05) is 26.3 Å². The highest BCUT2D eigenvalue weighted by Crippen LogP contribution is 2.28. The number of ether oxygens (including phenoxy) is 2. The summed E-state index contributed by atoms with van der Waals surface area (Å²) >= 11 is 1.52. The van der Waals surface area contributed by atoms with Crippen molar-refractivity contribution in [3.05, 3.63) is 53.3 Å². The molecule has 0 amide bonds. The molecule has 0 radical (unpaired) electrons. The summed E-state index contributed by atoms with van der Waals surface area (Å²) in [5.74, 6) is 1.70. The van der Waals surface area contributed by atoms with Gasteiger partial charge in [-0.05, 0) is 29.8 Å². The molecule has 28 heavy (non-hydrogen) atoms. The van der Waals surface area contributed by atoms with Crippen LogP contribution in [0.5, 0.6) is 5.75 Å². The van der Waals surface area contributed by atoms with Crippen molar-refractivity contribution >= 4 is 27.1 Å². The number of fused-ring (bicyclic) bond motifs is 2. The van der Waals surface area contributed by atoms with Crippen molar-refractivity contribution in [3.63, 3.8) is 0 Å². The van der Waals surface area contributed by atoms with Gasteiger partial charge in [-0.2, -0.15) is 9.61 Å². The number of morpholine rings is 1. The van der Waals surface area contributed by atoms with Crippen molar-refractivity contribution in [2.24, 2.45) is 0 Å². The maximum atomic E-state index is 6.16. The maximum absolute atomic E-state index is 6.16. The van der Waals surface area contributed by atoms with Crippen molar-refractivity contribution < 1.29 is 9.47 Å². The van der Waals surface area contributed by atoms with E-state index >= 15 is 0 Å². The zero-order valence-corrected chi connectivity index (χ0v) is 16.4. The minimum absolute atomic E-state index is 0.163. The van der Waals surface area contributed by atoms with Gasteiger partial charge in [-0.15, -0.1) is 10.2 Å². The Labute approximate surface area is 166 Å². The average molecular weight is 395 g/mol. The van der Waals surface area contributed by atoms with Crippen molar-refractivity contribution in [3.8, 4) is 5.75 Å². The van der Waals surface area contributed by atoms with Crippen LogP contribution in [0.3, 0.4) is 0 Å². The van der Waals surface area contributed by atoms with Gasteiger partial charge in [0.05, 0.1) is 19.8 Å². The molecule has 4 aromatic rings. The monoisotopic (exact) mass is 395 g/mol. The highest BCUT2D eigenvalue weighted by molar-refractivity contribution is 7.16. The first-order valence-corrected chi connectivity index (χ1v) is 10.2. The molecule has 5 rings (SSSR count). The molecular formula is C20H21N5O2S. The lowest BCUT2D eigenvalue weighted by Gasteiger charge is -2.25. The van der Waals surface area contributed by atoms with E-state index in [4.69, 9.17) is 14.6 Å². The van der Waals surface area contributed by atoms with Crippen molar-refractivity contribution in [1.82, 2.24) is 24.7 Å². The molecule has 1 atom stereocenters. The second kappa shape index (κ2) is 7.46. The van der Waals surface area contributed by atoms with Gasteiger partial charge in [0, 0.05) is 13.1 Å². The van der Waals surface area contributed by atoms with Gasteiger partial charge in [0.15, 0.2) is 10.8 Å². The van der Waals surface area contributed by atoms with Crippen molar-refractivity contribution in [1.29, 1.82) is 0 Å². The highest BCUT2D eigenvalue weighted by atomic mass is 32.1. The first-order valence-electron chi connectivity index (χ1n) is 9.43. The first-order chi connectivity index (χ1) is 13.8. The van der Waals surface area contributed by atoms with E-state index in [0.717, 1.165) is 59.8 Å². The molecule has 8 heteroatoms. The number of hydrogen-bond donors (Lipinski definition) is 0. The van der Waals surface area contributed by atoms with Crippen LogP contribution in [0.15, 0.2) is 42.5 Å². The highest BCUT2D eigenvalue weighted by Gasteiger charge is 2.20. The molecule has 0 unspecified atom stereocenters. The predicted molar refractivity (Wildman–Crippen MR) is 108 cm³/mol. The Bertz CT molecular complexity index is 1100. The van der Waals surface area contributed by atoms with Crippen LogP contribution >= 0.6 is 11.3 Å². The molecule has 0 saturated carbocycles. The van der Waals surface area contributed by atoms with Crippen LogP contribution in [0.1, 0.15) is 23.9 Å². The Kier molecular flexibility index (Phi) is 4.67. The summed E-state index contributed by atoms with van der Waals surface area (Å²) in [6.07, 6.45) is -0.163. The molecule has 1 fully saturated rings.